The first-order chi connectivity index (χ1) is 8.10. The van der Waals surface area contributed by atoms with Gasteiger partial charge >= 0.3 is 0 Å². The molecule has 0 atom stereocenters. The Bertz CT molecular complexity index is 431. The number of anilines is 1. The number of nitrogens with two attached hydrogens (primary N) is 1. The number of phenolic OH excluding ortho intramolecular Hbond substituents is 1. The molecule has 0 bridgehead atoms. The second-order valence-electron chi connectivity index (χ2n) is 3.56. The SMILES string of the molecule is C=CCN(CC=C)C(=O)c1cc(O)ccc1N. The maximum absolute atomic E-state index is 12.1. The van der Waals surface area contributed by atoms with Crippen molar-refractivity contribution in [1.29, 1.82) is 0 Å². The molecule has 4 heteroatoms. The normalized spacial score (nSPS) is 9.65. The van der Waals surface area contributed by atoms with Crippen LogP contribution in [0, 0.1) is 0 Å². The molecule has 1 rings (SSSR count). The van der Waals surface area contributed by atoms with Crippen LogP contribution in [0.15, 0.2) is 43.5 Å². The number of amides is 1. The summed E-state index contributed by atoms with van der Waals surface area (Å²) in [5.74, 6) is -0.238. The van der Waals surface area contributed by atoms with E-state index in [2.05, 4.69) is 13.2 Å². The molecule has 0 aliphatic carbocycles. The highest BCUT2D eigenvalue weighted by Gasteiger charge is 2.16. The average molecular weight is 232 g/mol. The molecule has 0 unspecified atom stereocenters. The third kappa shape index (κ3) is 3.11. The van der Waals surface area contributed by atoms with Crippen molar-refractivity contribution in [3.63, 3.8) is 0 Å². The van der Waals surface area contributed by atoms with Gasteiger partial charge in [0.15, 0.2) is 0 Å². The first-order valence-corrected chi connectivity index (χ1v) is 5.19. The van der Waals surface area contributed by atoms with E-state index < -0.39 is 0 Å². The number of hydrogen-bond acceptors (Lipinski definition) is 3. The average Bonchev–Trinajstić information content (AvgIpc) is 2.31. The molecule has 4 nitrogen and oxygen atoms in total. The number of benzene rings is 1. The van der Waals surface area contributed by atoms with Crippen LogP contribution >= 0.6 is 0 Å². The Kier molecular flexibility index (Phi) is 4.34. The summed E-state index contributed by atoms with van der Waals surface area (Å²) in [7, 11) is 0. The van der Waals surface area contributed by atoms with E-state index >= 15 is 0 Å². The standard InChI is InChI=1S/C13H16N2O2/c1-3-7-15(8-4-2)13(17)11-9-10(16)5-6-12(11)14/h3-6,9,16H,1-2,7-8,14H2. The van der Waals surface area contributed by atoms with Gasteiger partial charge in [0.05, 0.1) is 5.56 Å². The van der Waals surface area contributed by atoms with Crippen LogP contribution in [0.25, 0.3) is 0 Å². The smallest absolute Gasteiger partial charge is 0.256 e. The molecule has 1 aromatic rings. The van der Waals surface area contributed by atoms with Crippen molar-refractivity contribution in [2.45, 2.75) is 0 Å². The van der Waals surface area contributed by atoms with Crippen LogP contribution in [0.5, 0.6) is 5.75 Å². The van der Waals surface area contributed by atoms with E-state index in [0.29, 0.717) is 18.8 Å². The maximum atomic E-state index is 12.1. The highest BCUT2D eigenvalue weighted by molar-refractivity contribution is 5.99. The Morgan fingerprint density at radius 3 is 2.47 bits per heavy atom. The number of aromatic hydroxyl groups is 1. The van der Waals surface area contributed by atoms with Crippen molar-refractivity contribution < 1.29 is 9.90 Å². The van der Waals surface area contributed by atoms with E-state index in [1.807, 2.05) is 0 Å². The second-order valence-corrected chi connectivity index (χ2v) is 3.56. The van der Waals surface area contributed by atoms with E-state index in [1.165, 1.54) is 23.1 Å². The van der Waals surface area contributed by atoms with Crippen LogP contribution in [0.4, 0.5) is 5.69 Å². The van der Waals surface area contributed by atoms with E-state index in [9.17, 15) is 9.90 Å². The molecule has 17 heavy (non-hydrogen) atoms. The molecule has 0 spiro atoms. The molecular formula is C13H16N2O2. The van der Waals surface area contributed by atoms with E-state index in [0.717, 1.165) is 0 Å². The Morgan fingerprint density at radius 2 is 1.94 bits per heavy atom. The van der Waals surface area contributed by atoms with Gasteiger partial charge in [-0.25, -0.2) is 0 Å². The fourth-order valence-corrected chi connectivity index (χ4v) is 1.45. The van der Waals surface area contributed by atoms with E-state index in [1.54, 1.807) is 12.2 Å². The van der Waals surface area contributed by atoms with Crippen LogP contribution in [0.2, 0.25) is 0 Å². The lowest BCUT2D eigenvalue weighted by Gasteiger charge is -2.20. The van der Waals surface area contributed by atoms with Crippen LogP contribution in [0.1, 0.15) is 10.4 Å². The monoisotopic (exact) mass is 232 g/mol. The molecule has 0 saturated heterocycles. The lowest BCUT2D eigenvalue weighted by atomic mass is 10.1. The lowest BCUT2D eigenvalue weighted by Crippen LogP contribution is -2.31. The van der Waals surface area contributed by atoms with Gasteiger partial charge in [-0.3, -0.25) is 4.79 Å². The Morgan fingerprint density at radius 1 is 1.35 bits per heavy atom. The number of hydrogen-bond donors (Lipinski definition) is 2. The molecule has 0 aromatic heterocycles. The number of nitrogen functional groups attached to an aromatic ring is 1. The highest BCUT2D eigenvalue weighted by atomic mass is 16.3. The summed E-state index contributed by atoms with van der Waals surface area (Å²) >= 11 is 0. The van der Waals surface area contributed by atoms with Crippen molar-refractivity contribution in [3.05, 3.63) is 49.1 Å². The minimum Gasteiger partial charge on any atom is -0.508 e. The zero-order valence-corrected chi connectivity index (χ0v) is 9.60. The Balaban J connectivity index is 3.03. The fraction of sp³-hybridized carbons (Fsp3) is 0.154. The summed E-state index contributed by atoms with van der Waals surface area (Å²) in [4.78, 5) is 13.7. The van der Waals surface area contributed by atoms with Gasteiger partial charge in [-0.2, -0.15) is 0 Å². The largest absolute Gasteiger partial charge is 0.508 e. The highest BCUT2D eigenvalue weighted by Crippen LogP contribution is 2.20. The number of phenols is 1. The minimum absolute atomic E-state index is 0.0136. The van der Waals surface area contributed by atoms with Crippen molar-refractivity contribution >= 4 is 11.6 Å². The zero-order valence-electron chi connectivity index (χ0n) is 9.60. The molecule has 90 valence electrons. The lowest BCUT2D eigenvalue weighted by molar-refractivity contribution is 0.0791. The van der Waals surface area contributed by atoms with Crippen molar-refractivity contribution in [2.75, 3.05) is 18.8 Å². The number of carbonyl (C=O) groups is 1. The second kappa shape index (κ2) is 5.75. The predicted molar refractivity (Wildman–Crippen MR) is 68.8 cm³/mol. The number of carbonyl (C=O) groups excluding carboxylic acids is 1. The molecule has 1 amide bonds. The Hall–Kier alpha value is -2.23. The first kappa shape index (κ1) is 12.8. The quantitative estimate of drug-likeness (QED) is 0.462. The Labute approximate surface area is 101 Å². The zero-order chi connectivity index (χ0) is 12.8. The summed E-state index contributed by atoms with van der Waals surface area (Å²) < 4.78 is 0. The summed E-state index contributed by atoms with van der Waals surface area (Å²) in [6, 6.07) is 4.30. The maximum Gasteiger partial charge on any atom is 0.256 e. The molecule has 3 N–H and O–H groups in total. The van der Waals surface area contributed by atoms with Gasteiger partial charge in [-0.05, 0) is 18.2 Å². The minimum atomic E-state index is -0.252. The van der Waals surface area contributed by atoms with Gasteiger partial charge in [0.25, 0.3) is 5.91 Å². The molecule has 0 aliphatic heterocycles. The van der Waals surface area contributed by atoms with Crippen molar-refractivity contribution in [1.82, 2.24) is 4.90 Å². The van der Waals surface area contributed by atoms with Gasteiger partial charge in [-0.15, -0.1) is 13.2 Å². The number of nitrogens with zero attached hydrogens (tertiary/aromatic N) is 1. The van der Waals surface area contributed by atoms with Gasteiger partial charge < -0.3 is 15.7 Å². The summed E-state index contributed by atoms with van der Waals surface area (Å²) in [5.41, 5.74) is 6.33. The molecule has 0 radical (unpaired) electrons. The van der Waals surface area contributed by atoms with Crippen LogP contribution in [-0.4, -0.2) is 29.0 Å². The molecule has 0 aliphatic rings. The molecule has 0 saturated carbocycles. The summed E-state index contributed by atoms with van der Waals surface area (Å²) in [6.07, 6.45) is 3.25. The van der Waals surface area contributed by atoms with Crippen LogP contribution < -0.4 is 5.73 Å². The molecule has 0 heterocycles. The molecular weight excluding hydrogens is 216 g/mol. The summed E-state index contributed by atoms with van der Waals surface area (Å²) in [6.45, 7) is 7.99. The van der Waals surface area contributed by atoms with E-state index in [-0.39, 0.29) is 17.2 Å². The number of rotatable bonds is 5. The van der Waals surface area contributed by atoms with Crippen LogP contribution in [-0.2, 0) is 0 Å². The third-order valence-electron chi connectivity index (χ3n) is 2.25. The van der Waals surface area contributed by atoms with Crippen molar-refractivity contribution in [2.24, 2.45) is 0 Å². The topological polar surface area (TPSA) is 66.6 Å². The first-order valence-electron chi connectivity index (χ1n) is 5.19. The summed E-state index contributed by atoms with van der Waals surface area (Å²) in [5, 5.41) is 9.36. The molecule has 1 aromatic carbocycles. The van der Waals surface area contributed by atoms with Crippen LogP contribution in [0.3, 0.4) is 0 Å². The fourth-order valence-electron chi connectivity index (χ4n) is 1.45. The van der Waals surface area contributed by atoms with Crippen molar-refractivity contribution in [3.8, 4) is 5.75 Å². The molecule has 0 fully saturated rings. The van der Waals surface area contributed by atoms with Gasteiger partial charge in [-0.1, -0.05) is 12.2 Å². The third-order valence-corrected chi connectivity index (χ3v) is 2.25. The van der Waals surface area contributed by atoms with E-state index in [4.69, 9.17) is 5.73 Å². The van der Waals surface area contributed by atoms with Gasteiger partial charge in [0.2, 0.25) is 0 Å². The van der Waals surface area contributed by atoms with Gasteiger partial charge in [0, 0.05) is 18.8 Å². The predicted octanol–water partition coefficient (Wildman–Crippen LogP) is 1.79. The van der Waals surface area contributed by atoms with Gasteiger partial charge in [0.1, 0.15) is 5.75 Å².